The lowest BCUT2D eigenvalue weighted by Gasteiger charge is -2.24. The molecule has 1 atom stereocenters. The third-order valence-electron chi connectivity index (χ3n) is 4.28. The van der Waals surface area contributed by atoms with E-state index in [9.17, 15) is 14.0 Å². The molecule has 0 aliphatic carbocycles. The average molecular weight is 375 g/mol. The molecule has 2 heterocycles. The second-order valence-corrected chi connectivity index (χ2v) is 7.40. The number of nitrogens with one attached hydrogen (secondary N) is 1. The Kier molecular flexibility index (Phi) is 4.91. The van der Waals surface area contributed by atoms with Gasteiger partial charge in [-0.25, -0.2) is 4.39 Å². The molecule has 1 saturated heterocycles. The molecule has 1 amide bonds. The molecule has 0 saturated carbocycles. The van der Waals surface area contributed by atoms with Gasteiger partial charge in [-0.15, -0.1) is 0 Å². The van der Waals surface area contributed by atoms with E-state index < -0.39 is 11.3 Å². The van der Waals surface area contributed by atoms with Crippen molar-refractivity contribution in [1.29, 1.82) is 0 Å². The summed E-state index contributed by atoms with van der Waals surface area (Å²) in [5.74, 6) is -0.900. The first-order chi connectivity index (χ1) is 12.7. The summed E-state index contributed by atoms with van der Waals surface area (Å²) in [7, 11) is 1.44. The molecule has 0 bridgehead atoms. The summed E-state index contributed by atoms with van der Waals surface area (Å²) >= 11 is 0. The second kappa shape index (κ2) is 7.02. The zero-order valence-electron chi connectivity index (χ0n) is 15.7. The predicted octanol–water partition coefficient (Wildman–Crippen LogP) is 2.51. The maximum absolute atomic E-state index is 13.1. The summed E-state index contributed by atoms with van der Waals surface area (Å²) in [4.78, 5) is 24.7. The van der Waals surface area contributed by atoms with Gasteiger partial charge in [0, 0.05) is 12.0 Å². The highest BCUT2D eigenvalue weighted by atomic mass is 19.1. The molecular weight excluding hydrogens is 353 g/mol. The molecule has 1 N–H and O–H groups in total. The first-order valence-corrected chi connectivity index (χ1v) is 8.59. The van der Waals surface area contributed by atoms with Crippen LogP contribution in [0.15, 0.2) is 24.3 Å². The van der Waals surface area contributed by atoms with E-state index in [1.807, 2.05) is 0 Å². The fourth-order valence-electron chi connectivity index (χ4n) is 2.65. The Labute approximate surface area is 156 Å². The molecule has 7 nitrogen and oxygen atoms in total. The zero-order valence-corrected chi connectivity index (χ0v) is 15.7. The Hall–Kier alpha value is -2.90. The van der Waals surface area contributed by atoms with Crippen molar-refractivity contribution in [3.63, 3.8) is 0 Å². The molecule has 27 heavy (non-hydrogen) atoms. The molecule has 1 aromatic heterocycles. The number of carbonyl (C=O) groups excluding carboxylic acids is 2. The molecule has 1 fully saturated rings. The van der Waals surface area contributed by atoms with E-state index in [1.165, 1.54) is 19.2 Å². The summed E-state index contributed by atoms with van der Waals surface area (Å²) < 4.78 is 25.5. The molecule has 8 heteroatoms. The van der Waals surface area contributed by atoms with E-state index in [4.69, 9.17) is 9.47 Å². The van der Waals surface area contributed by atoms with Crippen molar-refractivity contribution in [3.05, 3.63) is 41.3 Å². The van der Waals surface area contributed by atoms with Crippen molar-refractivity contribution in [2.75, 3.05) is 13.7 Å². The van der Waals surface area contributed by atoms with Gasteiger partial charge in [0.05, 0.1) is 7.11 Å². The van der Waals surface area contributed by atoms with Crippen molar-refractivity contribution in [1.82, 2.24) is 15.1 Å². The number of hydrogen-bond donors (Lipinski definition) is 1. The van der Waals surface area contributed by atoms with E-state index in [1.54, 1.807) is 32.9 Å². The minimum absolute atomic E-state index is 0.0933. The summed E-state index contributed by atoms with van der Waals surface area (Å²) in [5.41, 5.74) is 0.370. The van der Waals surface area contributed by atoms with Crippen LogP contribution in [-0.2, 0) is 11.4 Å². The third kappa shape index (κ3) is 3.65. The molecule has 144 valence electrons. The average Bonchev–Trinajstić information content (AvgIpc) is 2.96. The van der Waals surface area contributed by atoms with Gasteiger partial charge in [0.15, 0.2) is 0 Å². The maximum Gasteiger partial charge on any atom is 0.263 e. The molecule has 3 rings (SSSR count). The van der Waals surface area contributed by atoms with Gasteiger partial charge in [0.2, 0.25) is 11.7 Å². The molecular formula is C19H22FN3O4. The van der Waals surface area contributed by atoms with Crippen LogP contribution in [-0.4, -0.2) is 35.2 Å². The van der Waals surface area contributed by atoms with Crippen molar-refractivity contribution in [2.45, 2.75) is 33.3 Å². The normalized spacial score (nSPS) is 16.5. The molecule has 0 radical (unpaired) electrons. The Morgan fingerprint density at radius 1 is 1.33 bits per heavy atom. The number of methoxy groups -OCH3 is 1. The van der Waals surface area contributed by atoms with Gasteiger partial charge < -0.3 is 14.8 Å². The lowest BCUT2D eigenvalue weighted by atomic mass is 9.96. The smallest absolute Gasteiger partial charge is 0.263 e. The summed E-state index contributed by atoms with van der Waals surface area (Å²) in [5, 5.41) is 7.00. The van der Waals surface area contributed by atoms with Gasteiger partial charge in [-0.2, -0.15) is 9.78 Å². The number of β-lactam (4-membered cyclic amide) rings is 1. The Morgan fingerprint density at radius 2 is 2.00 bits per heavy atom. The molecule has 0 spiro atoms. The highest BCUT2D eigenvalue weighted by Crippen LogP contribution is 2.39. The number of ether oxygens (including phenoxy) is 2. The van der Waals surface area contributed by atoms with Crippen LogP contribution in [0.2, 0.25) is 0 Å². The lowest BCUT2D eigenvalue weighted by Crippen LogP contribution is -2.47. The maximum atomic E-state index is 13.1. The first-order valence-electron chi connectivity index (χ1n) is 8.59. The highest BCUT2D eigenvalue weighted by Gasteiger charge is 2.39. The highest BCUT2D eigenvalue weighted by molar-refractivity contribution is 5.91. The fourth-order valence-corrected chi connectivity index (χ4v) is 2.65. The quantitative estimate of drug-likeness (QED) is 0.812. The van der Waals surface area contributed by atoms with Crippen LogP contribution in [0.3, 0.4) is 0 Å². The number of rotatable bonds is 5. The SMILES string of the molecule is COc1c(C2CNC2=O)nn(C(=O)C(C)(C)C)c1OCc1ccc(F)cc1. The van der Waals surface area contributed by atoms with Gasteiger partial charge >= 0.3 is 0 Å². The number of hydrogen-bond acceptors (Lipinski definition) is 5. The Morgan fingerprint density at radius 3 is 2.48 bits per heavy atom. The number of carbonyl (C=O) groups is 2. The van der Waals surface area contributed by atoms with Gasteiger partial charge in [-0.1, -0.05) is 32.9 Å². The van der Waals surface area contributed by atoms with E-state index >= 15 is 0 Å². The Balaban J connectivity index is 1.99. The minimum atomic E-state index is -0.718. The lowest BCUT2D eigenvalue weighted by molar-refractivity contribution is -0.127. The van der Waals surface area contributed by atoms with E-state index in [2.05, 4.69) is 10.4 Å². The van der Waals surface area contributed by atoms with Crippen molar-refractivity contribution >= 4 is 11.8 Å². The van der Waals surface area contributed by atoms with Crippen LogP contribution in [0, 0.1) is 11.2 Å². The molecule has 2 aromatic rings. The fraction of sp³-hybridized carbons (Fsp3) is 0.421. The molecule has 1 unspecified atom stereocenters. The van der Waals surface area contributed by atoms with Crippen LogP contribution < -0.4 is 14.8 Å². The monoisotopic (exact) mass is 375 g/mol. The van der Waals surface area contributed by atoms with Crippen LogP contribution in [0.1, 0.15) is 42.7 Å². The second-order valence-electron chi connectivity index (χ2n) is 7.40. The van der Waals surface area contributed by atoms with Gasteiger partial charge in [-0.3, -0.25) is 9.59 Å². The van der Waals surface area contributed by atoms with E-state index in [0.29, 0.717) is 12.2 Å². The molecule has 1 aromatic carbocycles. The minimum Gasteiger partial charge on any atom is -0.490 e. The molecule has 1 aliphatic heterocycles. The van der Waals surface area contributed by atoms with Gasteiger partial charge in [-0.05, 0) is 17.7 Å². The summed E-state index contributed by atoms with van der Waals surface area (Å²) in [6.07, 6.45) is 0. The topological polar surface area (TPSA) is 82.5 Å². The van der Waals surface area contributed by atoms with Crippen LogP contribution >= 0.6 is 0 Å². The molecule has 1 aliphatic rings. The first kappa shape index (κ1) is 18.9. The summed E-state index contributed by atoms with van der Waals surface area (Å²) in [6, 6.07) is 5.85. The number of benzene rings is 1. The van der Waals surface area contributed by atoms with Gasteiger partial charge in [0.25, 0.3) is 11.8 Å². The Bertz CT molecular complexity index is 868. The van der Waals surface area contributed by atoms with Crippen LogP contribution in [0.4, 0.5) is 4.39 Å². The number of aromatic nitrogens is 2. The van der Waals surface area contributed by atoms with Crippen molar-refractivity contribution < 1.29 is 23.5 Å². The van der Waals surface area contributed by atoms with Crippen molar-refractivity contribution in [2.24, 2.45) is 5.41 Å². The summed E-state index contributed by atoms with van der Waals surface area (Å²) in [6.45, 7) is 5.82. The number of amides is 1. The van der Waals surface area contributed by atoms with Crippen LogP contribution in [0.5, 0.6) is 11.6 Å². The van der Waals surface area contributed by atoms with Gasteiger partial charge in [0.1, 0.15) is 24.0 Å². The standard InChI is InChI=1S/C19H22FN3O4/c1-19(2,3)18(25)23-17(27-10-11-5-7-12(20)8-6-11)15(26-4)14(22-23)13-9-21-16(13)24/h5-8,13H,9-10H2,1-4H3,(H,21,24). The zero-order chi connectivity index (χ0) is 19.8. The number of halogens is 1. The predicted molar refractivity (Wildman–Crippen MR) is 95.3 cm³/mol. The van der Waals surface area contributed by atoms with E-state index in [-0.39, 0.29) is 35.9 Å². The third-order valence-corrected chi connectivity index (χ3v) is 4.28. The van der Waals surface area contributed by atoms with E-state index in [0.717, 1.165) is 10.2 Å². The largest absolute Gasteiger partial charge is 0.490 e. The van der Waals surface area contributed by atoms with Crippen LogP contribution in [0.25, 0.3) is 0 Å². The van der Waals surface area contributed by atoms with Crippen molar-refractivity contribution in [3.8, 4) is 11.6 Å². The number of nitrogens with zero attached hydrogens (tertiary/aromatic N) is 2.